The molecule has 0 spiro atoms. The first-order valence-corrected chi connectivity index (χ1v) is 8.20. The highest BCUT2D eigenvalue weighted by atomic mass is 19.4. The van der Waals surface area contributed by atoms with Crippen LogP contribution in [-0.4, -0.2) is 39.8 Å². The third kappa shape index (κ3) is 4.55. The molecule has 0 saturated carbocycles. The Balaban J connectivity index is 1.56. The zero-order valence-corrected chi connectivity index (χ0v) is 14.0. The van der Waals surface area contributed by atoms with Crippen molar-refractivity contribution in [1.82, 2.24) is 14.7 Å². The minimum Gasteiger partial charge on any atom is -0.490 e. The van der Waals surface area contributed by atoms with Crippen LogP contribution in [0.15, 0.2) is 36.5 Å². The SMILES string of the molecule is O=C(c1ccn(C(F)F)n1)N1CCC(Oc2cccc(C(F)(F)F)c2)CC1. The van der Waals surface area contributed by atoms with E-state index in [0.29, 0.717) is 30.6 Å². The lowest BCUT2D eigenvalue weighted by atomic mass is 10.1. The topological polar surface area (TPSA) is 47.4 Å². The number of piperidine rings is 1. The van der Waals surface area contributed by atoms with Gasteiger partial charge in [-0.1, -0.05) is 6.07 Å². The summed E-state index contributed by atoms with van der Waals surface area (Å²) in [5.74, 6) is -0.350. The number of aromatic nitrogens is 2. The fraction of sp³-hybridized carbons (Fsp3) is 0.412. The van der Waals surface area contributed by atoms with Gasteiger partial charge in [0.1, 0.15) is 11.9 Å². The summed E-state index contributed by atoms with van der Waals surface area (Å²) in [6, 6.07) is 5.85. The zero-order valence-electron chi connectivity index (χ0n) is 14.0. The van der Waals surface area contributed by atoms with E-state index >= 15 is 0 Å². The second-order valence-electron chi connectivity index (χ2n) is 6.09. The van der Waals surface area contributed by atoms with Gasteiger partial charge in [-0.3, -0.25) is 4.79 Å². The number of likely N-dealkylation sites (tertiary alicyclic amines) is 1. The lowest BCUT2D eigenvalue weighted by Crippen LogP contribution is -2.42. The summed E-state index contributed by atoms with van der Waals surface area (Å²) in [5.41, 5.74) is -0.866. The normalized spacial score (nSPS) is 16.0. The second kappa shape index (κ2) is 7.53. The van der Waals surface area contributed by atoms with Crippen LogP contribution >= 0.6 is 0 Å². The highest BCUT2D eigenvalue weighted by Crippen LogP contribution is 2.32. The number of ether oxygens (including phenoxy) is 1. The minimum atomic E-state index is -4.45. The average molecular weight is 389 g/mol. The van der Waals surface area contributed by atoms with E-state index in [-0.39, 0.29) is 17.5 Å². The van der Waals surface area contributed by atoms with Crippen LogP contribution in [0.4, 0.5) is 22.0 Å². The van der Waals surface area contributed by atoms with Crippen LogP contribution in [0, 0.1) is 0 Å². The Morgan fingerprint density at radius 1 is 1.19 bits per heavy atom. The summed E-state index contributed by atoms with van der Waals surface area (Å²) in [4.78, 5) is 13.8. The number of alkyl halides is 5. The van der Waals surface area contributed by atoms with Gasteiger partial charge in [-0.05, 0) is 24.3 Å². The molecule has 1 aromatic heterocycles. The zero-order chi connectivity index (χ0) is 19.6. The molecule has 1 amide bonds. The van der Waals surface area contributed by atoms with Gasteiger partial charge in [0, 0.05) is 32.1 Å². The molecule has 0 atom stereocenters. The standard InChI is InChI=1S/C17H16F5N3O2/c18-16(19)25-9-6-14(23-25)15(26)24-7-4-12(5-8-24)27-13-3-1-2-11(10-13)17(20,21)22/h1-3,6,9-10,12,16H,4-5,7-8H2. The van der Waals surface area contributed by atoms with E-state index in [9.17, 15) is 26.7 Å². The van der Waals surface area contributed by atoms with Gasteiger partial charge in [0.15, 0.2) is 5.69 Å². The van der Waals surface area contributed by atoms with Gasteiger partial charge in [0.05, 0.1) is 5.56 Å². The van der Waals surface area contributed by atoms with Crippen LogP contribution in [-0.2, 0) is 6.18 Å². The Kier molecular flexibility index (Phi) is 5.33. The number of nitrogens with zero attached hydrogens (tertiary/aromatic N) is 3. The lowest BCUT2D eigenvalue weighted by Gasteiger charge is -2.31. The van der Waals surface area contributed by atoms with Crippen molar-refractivity contribution >= 4 is 5.91 Å². The molecule has 27 heavy (non-hydrogen) atoms. The van der Waals surface area contributed by atoms with E-state index in [0.717, 1.165) is 18.3 Å². The maximum absolute atomic E-state index is 12.7. The Labute approximate surface area is 151 Å². The van der Waals surface area contributed by atoms with E-state index in [4.69, 9.17) is 4.74 Å². The second-order valence-corrected chi connectivity index (χ2v) is 6.09. The lowest BCUT2D eigenvalue weighted by molar-refractivity contribution is -0.137. The Morgan fingerprint density at radius 3 is 2.48 bits per heavy atom. The molecule has 1 saturated heterocycles. The molecule has 0 radical (unpaired) electrons. The van der Waals surface area contributed by atoms with E-state index < -0.39 is 24.2 Å². The van der Waals surface area contributed by atoms with Crippen molar-refractivity contribution in [3.05, 3.63) is 47.8 Å². The molecular formula is C17H16F5N3O2. The maximum atomic E-state index is 12.7. The molecule has 10 heteroatoms. The molecule has 146 valence electrons. The highest BCUT2D eigenvalue weighted by molar-refractivity contribution is 5.92. The van der Waals surface area contributed by atoms with Crippen molar-refractivity contribution in [2.45, 2.75) is 31.7 Å². The Hall–Kier alpha value is -2.65. The summed E-state index contributed by atoms with van der Waals surface area (Å²) in [5, 5.41) is 3.54. The number of hydrogen-bond acceptors (Lipinski definition) is 3. The molecular weight excluding hydrogens is 373 g/mol. The molecule has 1 aliphatic rings. The van der Waals surface area contributed by atoms with E-state index in [2.05, 4.69) is 5.10 Å². The molecule has 0 N–H and O–H groups in total. The molecule has 2 aromatic rings. The Bertz CT molecular complexity index is 798. The summed E-state index contributed by atoms with van der Waals surface area (Å²) in [6.07, 6.45) is -2.93. The van der Waals surface area contributed by atoms with Crippen LogP contribution in [0.3, 0.4) is 0 Å². The smallest absolute Gasteiger partial charge is 0.416 e. The third-order valence-electron chi connectivity index (χ3n) is 4.22. The molecule has 1 aliphatic heterocycles. The number of halogens is 5. The largest absolute Gasteiger partial charge is 0.490 e. The predicted octanol–water partition coefficient (Wildman–Crippen LogP) is 3.98. The van der Waals surface area contributed by atoms with Crippen LogP contribution in [0.5, 0.6) is 5.75 Å². The van der Waals surface area contributed by atoms with Crippen LogP contribution < -0.4 is 4.74 Å². The summed E-state index contributed by atoms with van der Waals surface area (Å²) < 4.78 is 69.3. The van der Waals surface area contributed by atoms with Crippen molar-refractivity contribution < 1.29 is 31.5 Å². The molecule has 0 bridgehead atoms. The molecule has 2 heterocycles. The first-order valence-electron chi connectivity index (χ1n) is 8.20. The molecule has 0 unspecified atom stereocenters. The van der Waals surface area contributed by atoms with Gasteiger partial charge in [0.25, 0.3) is 5.91 Å². The average Bonchev–Trinajstić information content (AvgIpc) is 3.12. The monoisotopic (exact) mass is 389 g/mol. The molecule has 3 rings (SSSR count). The van der Waals surface area contributed by atoms with E-state index in [1.54, 1.807) is 0 Å². The van der Waals surface area contributed by atoms with Gasteiger partial charge in [0.2, 0.25) is 0 Å². The van der Waals surface area contributed by atoms with Crippen molar-refractivity contribution in [1.29, 1.82) is 0 Å². The number of benzene rings is 1. The number of carbonyl (C=O) groups excluding carboxylic acids is 1. The fourth-order valence-electron chi connectivity index (χ4n) is 2.84. The van der Waals surface area contributed by atoms with Crippen LogP contribution in [0.25, 0.3) is 0 Å². The first kappa shape index (κ1) is 19.1. The van der Waals surface area contributed by atoms with Gasteiger partial charge in [-0.25, -0.2) is 4.68 Å². The number of amides is 1. The highest BCUT2D eigenvalue weighted by Gasteiger charge is 2.31. The molecule has 1 aromatic carbocycles. The quantitative estimate of drug-likeness (QED) is 0.744. The fourth-order valence-corrected chi connectivity index (χ4v) is 2.84. The van der Waals surface area contributed by atoms with Gasteiger partial charge in [-0.2, -0.15) is 27.1 Å². The summed E-state index contributed by atoms with van der Waals surface area (Å²) in [7, 11) is 0. The van der Waals surface area contributed by atoms with Crippen molar-refractivity contribution in [3.8, 4) is 5.75 Å². The molecule has 5 nitrogen and oxygen atoms in total. The van der Waals surface area contributed by atoms with Crippen LogP contribution in [0.2, 0.25) is 0 Å². The van der Waals surface area contributed by atoms with Crippen molar-refractivity contribution in [2.24, 2.45) is 0 Å². The third-order valence-corrected chi connectivity index (χ3v) is 4.22. The summed E-state index contributed by atoms with van der Waals surface area (Å²) >= 11 is 0. The van der Waals surface area contributed by atoms with E-state index in [1.165, 1.54) is 23.1 Å². The molecule has 0 aliphatic carbocycles. The minimum absolute atomic E-state index is 0.0763. The van der Waals surface area contributed by atoms with Gasteiger partial charge in [-0.15, -0.1) is 0 Å². The van der Waals surface area contributed by atoms with Crippen LogP contribution in [0.1, 0.15) is 35.4 Å². The number of carbonyl (C=O) groups is 1. The number of rotatable bonds is 4. The van der Waals surface area contributed by atoms with E-state index in [1.807, 2.05) is 0 Å². The number of hydrogen-bond donors (Lipinski definition) is 0. The van der Waals surface area contributed by atoms with Crippen molar-refractivity contribution in [3.63, 3.8) is 0 Å². The van der Waals surface area contributed by atoms with Gasteiger partial charge >= 0.3 is 12.7 Å². The van der Waals surface area contributed by atoms with Gasteiger partial charge < -0.3 is 9.64 Å². The Morgan fingerprint density at radius 2 is 1.89 bits per heavy atom. The summed E-state index contributed by atoms with van der Waals surface area (Å²) in [6.45, 7) is -2.23. The molecule has 1 fully saturated rings. The first-order chi connectivity index (χ1) is 12.7. The predicted molar refractivity (Wildman–Crippen MR) is 84.5 cm³/mol. The maximum Gasteiger partial charge on any atom is 0.416 e. The van der Waals surface area contributed by atoms with Crippen molar-refractivity contribution in [2.75, 3.05) is 13.1 Å².